The molecule has 6 heteroatoms. The molecule has 21 heavy (non-hydrogen) atoms. The largest absolute Gasteiger partial charge is 0.250 e. The molecule has 122 valence electrons. The third-order valence-corrected chi connectivity index (χ3v) is 6.57. The van der Waals surface area contributed by atoms with Gasteiger partial charge in [-0.25, -0.2) is 13.1 Å². The van der Waals surface area contributed by atoms with Crippen LogP contribution >= 0.6 is 22.9 Å². The van der Waals surface area contributed by atoms with Gasteiger partial charge < -0.3 is 0 Å². The Hall–Kier alpha value is -0.100. The molecular weight excluding hydrogens is 326 g/mol. The van der Waals surface area contributed by atoms with Crippen LogP contribution in [-0.4, -0.2) is 15.0 Å². The van der Waals surface area contributed by atoms with E-state index < -0.39 is 10.0 Å². The first-order chi connectivity index (χ1) is 10.1. The molecule has 0 bridgehead atoms. The van der Waals surface area contributed by atoms with Crippen molar-refractivity contribution in [3.05, 3.63) is 16.5 Å². The average molecular weight is 352 g/mol. The smallest absolute Gasteiger partial charge is 0.210 e. The Balaban J connectivity index is 2.04. The van der Waals surface area contributed by atoms with Crippen molar-refractivity contribution in [1.29, 1.82) is 0 Å². The second-order valence-corrected chi connectivity index (χ2v) is 8.99. The number of thiophene rings is 1. The summed E-state index contributed by atoms with van der Waals surface area (Å²) in [5.74, 6) is 0. The topological polar surface area (TPSA) is 46.2 Å². The molecule has 0 atom stereocenters. The Labute approximate surface area is 138 Å². The van der Waals surface area contributed by atoms with Crippen LogP contribution in [0.1, 0.15) is 64.7 Å². The molecule has 1 heterocycles. The number of hydrogen-bond acceptors (Lipinski definition) is 3. The van der Waals surface area contributed by atoms with Crippen molar-refractivity contribution in [2.75, 3.05) is 6.54 Å². The van der Waals surface area contributed by atoms with Crippen LogP contribution in [0.15, 0.2) is 16.3 Å². The third kappa shape index (κ3) is 8.19. The van der Waals surface area contributed by atoms with Gasteiger partial charge in [0.25, 0.3) is 0 Å². The summed E-state index contributed by atoms with van der Waals surface area (Å²) in [6, 6.07) is 3.16. The van der Waals surface area contributed by atoms with Gasteiger partial charge >= 0.3 is 0 Å². The van der Waals surface area contributed by atoms with Crippen molar-refractivity contribution in [2.24, 2.45) is 0 Å². The summed E-state index contributed by atoms with van der Waals surface area (Å²) >= 11 is 6.85. The molecule has 1 rings (SSSR count). The third-order valence-electron chi connectivity index (χ3n) is 3.39. The van der Waals surface area contributed by atoms with Crippen LogP contribution in [0.5, 0.6) is 0 Å². The fourth-order valence-electron chi connectivity index (χ4n) is 2.16. The summed E-state index contributed by atoms with van der Waals surface area (Å²) in [6.07, 6.45) is 11.0. The molecule has 3 nitrogen and oxygen atoms in total. The zero-order valence-corrected chi connectivity index (χ0v) is 15.1. The number of unbranched alkanes of at least 4 members (excludes halogenated alkanes) is 8. The first-order valence-electron chi connectivity index (χ1n) is 7.81. The van der Waals surface area contributed by atoms with Gasteiger partial charge in [0, 0.05) is 6.54 Å². The van der Waals surface area contributed by atoms with E-state index in [-0.39, 0.29) is 0 Å². The van der Waals surface area contributed by atoms with Crippen molar-refractivity contribution in [3.63, 3.8) is 0 Å². The maximum atomic E-state index is 11.9. The number of sulfonamides is 1. The molecule has 1 aromatic rings. The number of hydrogen-bond donors (Lipinski definition) is 1. The number of halogens is 1. The molecule has 0 radical (unpaired) electrons. The molecule has 0 saturated carbocycles. The Kier molecular flexibility index (Phi) is 9.56. The Morgan fingerprint density at radius 3 is 2.10 bits per heavy atom. The molecule has 0 spiro atoms. The van der Waals surface area contributed by atoms with Gasteiger partial charge in [-0.2, -0.15) is 0 Å². The van der Waals surface area contributed by atoms with E-state index in [4.69, 9.17) is 11.6 Å². The monoisotopic (exact) mass is 351 g/mol. The molecule has 0 aliphatic heterocycles. The van der Waals surface area contributed by atoms with Crippen LogP contribution in [0.4, 0.5) is 0 Å². The van der Waals surface area contributed by atoms with Gasteiger partial charge in [0.1, 0.15) is 4.21 Å². The van der Waals surface area contributed by atoms with Crippen molar-refractivity contribution < 1.29 is 8.42 Å². The lowest BCUT2D eigenvalue weighted by molar-refractivity contribution is 0.554. The van der Waals surface area contributed by atoms with Gasteiger partial charge in [-0.15, -0.1) is 11.3 Å². The molecule has 0 aliphatic carbocycles. The van der Waals surface area contributed by atoms with E-state index in [1.54, 1.807) is 12.1 Å². The summed E-state index contributed by atoms with van der Waals surface area (Å²) in [5.41, 5.74) is 0. The summed E-state index contributed by atoms with van der Waals surface area (Å²) in [7, 11) is -3.36. The maximum absolute atomic E-state index is 11.9. The minimum Gasteiger partial charge on any atom is -0.210 e. The van der Waals surface area contributed by atoms with E-state index in [9.17, 15) is 8.42 Å². The van der Waals surface area contributed by atoms with Crippen molar-refractivity contribution in [2.45, 2.75) is 68.9 Å². The Bertz CT molecular complexity index is 486. The van der Waals surface area contributed by atoms with E-state index in [1.165, 1.54) is 44.9 Å². The lowest BCUT2D eigenvalue weighted by Crippen LogP contribution is -2.23. The van der Waals surface area contributed by atoms with Gasteiger partial charge in [-0.05, 0) is 18.6 Å². The highest BCUT2D eigenvalue weighted by atomic mass is 35.5. The quantitative estimate of drug-likeness (QED) is 0.525. The summed E-state index contributed by atoms with van der Waals surface area (Å²) in [5, 5.41) is 0. The molecule has 0 fully saturated rings. The SMILES string of the molecule is CCCCCCCCCCCNS(=O)(=O)c1ccc(Cl)s1. The molecule has 1 N–H and O–H groups in total. The van der Waals surface area contributed by atoms with Crippen molar-refractivity contribution >= 4 is 33.0 Å². The van der Waals surface area contributed by atoms with E-state index >= 15 is 0 Å². The fraction of sp³-hybridized carbons (Fsp3) is 0.733. The minimum absolute atomic E-state index is 0.295. The minimum atomic E-state index is -3.36. The molecule has 0 aromatic carbocycles. The van der Waals surface area contributed by atoms with Crippen molar-refractivity contribution in [1.82, 2.24) is 4.72 Å². The number of rotatable bonds is 12. The standard InChI is InChI=1S/C15H26ClNO2S2/c1-2-3-4-5-6-7-8-9-10-13-17-21(18,19)15-12-11-14(16)20-15/h11-12,17H,2-10,13H2,1H3. The van der Waals surface area contributed by atoms with E-state index in [0.717, 1.165) is 24.2 Å². The lowest BCUT2D eigenvalue weighted by atomic mass is 10.1. The van der Waals surface area contributed by atoms with Crippen LogP contribution in [0.2, 0.25) is 4.34 Å². The predicted octanol–water partition coefficient (Wildman–Crippen LogP) is 5.21. The van der Waals surface area contributed by atoms with Crippen LogP contribution in [-0.2, 0) is 10.0 Å². The van der Waals surface area contributed by atoms with E-state index in [0.29, 0.717) is 15.1 Å². The summed E-state index contributed by atoms with van der Waals surface area (Å²) in [6.45, 7) is 2.73. The fourth-order valence-corrected chi connectivity index (χ4v) is 4.76. The molecule has 1 aromatic heterocycles. The molecular formula is C15H26ClNO2S2. The maximum Gasteiger partial charge on any atom is 0.250 e. The van der Waals surface area contributed by atoms with Crippen LogP contribution < -0.4 is 4.72 Å². The second-order valence-electron chi connectivity index (χ2n) is 5.28. The van der Waals surface area contributed by atoms with Gasteiger partial charge in [0.2, 0.25) is 10.0 Å². The van der Waals surface area contributed by atoms with Gasteiger partial charge in [0.05, 0.1) is 4.34 Å². The average Bonchev–Trinajstić information content (AvgIpc) is 2.88. The van der Waals surface area contributed by atoms with E-state index in [2.05, 4.69) is 11.6 Å². The Morgan fingerprint density at radius 1 is 1.00 bits per heavy atom. The molecule has 0 aliphatic rings. The van der Waals surface area contributed by atoms with Gasteiger partial charge in [-0.3, -0.25) is 0 Å². The second kappa shape index (κ2) is 10.6. The zero-order chi connectivity index (χ0) is 15.6. The molecule has 0 amide bonds. The summed E-state index contributed by atoms with van der Waals surface area (Å²) in [4.78, 5) is 0. The molecule has 0 saturated heterocycles. The highest BCUT2D eigenvalue weighted by Crippen LogP contribution is 2.25. The van der Waals surface area contributed by atoms with Crippen LogP contribution in [0, 0.1) is 0 Å². The Morgan fingerprint density at radius 2 is 1.57 bits per heavy atom. The molecule has 0 unspecified atom stereocenters. The zero-order valence-electron chi connectivity index (χ0n) is 12.7. The first kappa shape index (κ1) is 18.9. The highest BCUT2D eigenvalue weighted by Gasteiger charge is 2.15. The van der Waals surface area contributed by atoms with Gasteiger partial charge in [-0.1, -0.05) is 69.9 Å². The first-order valence-corrected chi connectivity index (χ1v) is 10.5. The summed E-state index contributed by atoms with van der Waals surface area (Å²) < 4.78 is 27.3. The predicted molar refractivity (Wildman–Crippen MR) is 91.7 cm³/mol. The highest BCUT2D eigenvalue weighted by molar-refractivity contribution is 7.91. The van der Waals surface area contributed by atoms with Gasteiger partial charge in [0.15, 0.2) is 0 Å². The lowest BCUT2D eigenvalue weighted by Gasteiger charge is -2.05. The normalized spacial score (nSPS) is 11.9. The van der Waals surface area contributed by atoms with Crippen LogP contribution in [0.3, 0.4) is 0 Å². The van der Waals surface area contributed by atoms with Crippen molar-refractivity contribution in [3.8, 4) is 0 Å². The number of nitrogens with one attached hydrogen (secondary N) is 1. The van der Waals surface area contributed by atoms with E-state index in [1.807, 2.05) is 0 Å². The van der Waals surface area contributed by atoms with Crippen LogP contribution in [0.25, 0.3) is 0 Å².